The normalized spacial score (nSPS) is 15.9. The van der Waals surface area contributed by atoms with Crippen LogP contribution in [-0.4, -0.2) is 24.6 Å². The summed E-state index contributed by atoms with van der Waals surface area (Å²) in [5, 5.41) is 0. The lowest BCUT2D eigenvalue weighted by Gasteiger charge is -2.25. The highest BCUT2D eigenvalue weighted by Gasteiger charge is 2.23. The quantitative estimate of drug-likeness (QED) is 0.479. The van der Waals surface area contributed by atoms with Crippen molar-refractivity contribution in [3.63, 3.8) is 0 Å². The van der Waals surface area contributed by atoms with E-state index in [1.165, 1.54) is 5.57 Å². The number of esters is 2. The van der Waals surface area contributed by atoms with Gasteiger partial charge < -0.3 is 9.47 Å². The van der Waals surface area contributed by atoms with Crippen molar-refractivity contribution >= 4 is 11.9 Å². The number of carbonyl (C=O) groups is 2. The predicted molar refractivity (Wildman–Crippen MR) is 121 cm³/mol. The Balaban J connectivity index is 1.67. The van der Waals surface area contributed by atoms with Gasteiger partial charge in [-0.2, -0.15) is 0 Å². The van der Waals surface area contributed by atoms with Crippen LogP contribution in [0.25, 0.3) is 0 Å². The Morgan fingerprint density at radius 2 is 1.74 bits per heavy atom. The van der Waals surface area contributed by atoms with Gasteiger partial charge in [0.25, 0.3) is 0 Å². The molecule has 1 unspecified atom stereocenters. The molecule has 2 aromatic rings. The molecule has 31 heavy (non-hydrogen) atoms. The highest BCUT2D eigenvalue weighted by molar-refractivity contribution is 5.90. The minimum absolute atomic E-state index is 0.261. The molecule has 0 saturated carbocycles. The zero-order valence-electron chi connectivity index (χ0n) is 17.9. The number of carbonyl (C=O) groups excluding carboxylic acids is 2. The van der Waals surface area contributed by atoms with E-state index in [0.29, 0.717) is 17.7 Å². The van der Waals surface area contributed by atoms with Crippen molar-refractivity contribution in [2.45, 2.75) is 39.2 Å². The lowest BCUT2D eigenvalue weighted by atomic mass is 9.90. The number of allylic oxidation sites excluding steroid dienone is 2. The van der Waals surface area contributed by atoms with E-state index in [0.717, 1.165) is 30.4 Å². The molecule has 4 heteroatoms. The van der Waals surface area contributed by atoms with Crippen molar-refractivity contribution in [2.75, 3.05) is 6.61 Å². The molecule has 0 aromatic heterocycles. The fourth-order valence-electron chi connectivity index (χ4n) is 3.43. The molecule has 0 radical (unpaired) electrons. The topological polar surface area (TPSA) is 52.6 Å². The van der Waals surface area contributed by atoms with Crippen LogP contribution >= 0.6 is 0 Å². The van der Waals surface area contributed by atoms with E-state index in [4.69, 9.17) is 9.47 Å². The van der Waals surface area contributed by atoms with Crippen LogP contribution < -0.4 is 0 Å². The molecule has 1 atom stereocenters. The van der Waals surface area contributed by atoms with Crippen LogP contribution in [0.2, 0.25) is 0 Å². The molecule has 0 spiro atoms. The molecule has 1 aliphatic carbocycles. The van der Waals surface area contributed by atoms with Crippen molar-refractivity contribution in [3.8, 4) is 11.8 Å². The van der Waals surface area contributed by atoms with Gasteiger partial charge in [0, 0.05) is 5.56 Å². The second-order valence-corrected chi connectivity index (χ2v) is 7.29. The van der Waals surface area contributed by atoms with E-state index in [1.807, 2.05) is 24.3 Å². The summed E-state index contributed by atoms with van der Waals surface area (Å²) in [5.41, 5.74) is 4.10. The van der Waals surface area contributed by atoms with Gasteiger partial charge in [-0.25, -0.2) is 9.59 Å². The molecule has 0 fully saturated rings. The van der Waals surface area contributed by atoms with Gasteiger partial charge in [0.1, 0.15) is 6.10 Å². The van der Waals surface area contributed by atoms with Gasteiger partial charge in [0.15, 0.2) is 0 Å². The minimum Gasteiger partial charge on any atom is -0.462 e. The molecule has 0 N–H and O–H groups in total. The maximum atomic E-state index is 12.5. The zero-order valence-corrected chi connectivity index (χ0v) is 17.9. The molecule has 3 rings (SSSR count). The van der Waals surface area contributed by atoms with Crippen LogP contribution in [0.4, 0.5) is 0 Å². The van der Waals surface area contributed by atoms with Crippen LogP contribution in [0.15, 0.2) is 77.9 Å². The predicted octanol–water partition coefficient (Wildman–Crippen LogP) is 5.50. The van der Waals surface area contributed by atoms with Crippen molar-refractivity contribution in [3.05, 3.63) is 94.6 Å². The summed E-state index contributed by atoms with van der Waals surface area (Å²) in [6.07, 6.45) is 6.25. The molecule has 0 heterocycles. The van der Waals surface area contributed by atoms with Gasteiger partial charge in [-0.15, -0.1) is 0 Å². The van der Waals surface area contributed by atoms with E-state index >= 15 is 0 Å². The summed E-state index contributed by atoms with van der Waals surface area (Å²) in [7, 11) is 0. The van der Waals surface area contributed by atoms with Crippen molar-refractivity contribution < 1.29 is 19.1 Å². The Morgan fingerprint density at radius 3 is 2.45 bits per heavy atom. The van der Waals surface area contributed by atoms with Gasteiger partial charge in [0.05, 0.1) is 17.7 Å². The largest absolute Gasteiger partial charge is 0.462 e. The first-order chi connectivity index (χ1) is 15.1. The van der Waals surface area contributed by atoms with Gasteiger partial charge in [-0.3, -0.25) is 0 Å². The first-order valence-corrected chi connectivity index (χ1v) is 10.5. The van der Waals surface area contributed by atoms with Gasteiger partial charge in [-0.05, 0) is 87.2 Å². The van der Waals surface area contributed by atoms with Crippen molar-refractivity contribution in [1.29, 1.82) is 0 Å². The zero-order chi connectivity index (χ0) is 22.1. The average molecular weight is 415 g/mol. The molecule has 0 amide bonds. The fraction of sp³-hybridized carbons (Fsp3) is 0.259. The highest BCUT2D eigenvalue weighted by atomic mass is 16.5. The van der Waals surface area contributed by atoms with E-state index in [1.54, 1.807) is 49.4 Å². The third-order valence-corrected chi connectivity index (χ3v) is 5.08. The molecule has 158 valence electrons. The summed E-state index contributed by atoms with van der Waals surface area (Å²) >= 11 is 0. The smallest absolute Gasteiger partial charge is 0.338 e. The average Bonchev–Trinajstić information content (AvgIpc) is 2.79. The highest BCUT2D eigenvalue weighted by Crippen LogP contribution is 2.28. The standard InChI is InChI=1S/C27H26O4/c1-3-30-26(28)23-18-16-21(17-19-23)11-7-8-14-24-20(2)10-9-15-25(24)31-27(29)22-12-5-4-6-13-22/h4-6,8,12-14,16-19,25H,3,9-10,15H2,1-2H3/b14-8+. The van der Waals surface area contributed by atoms with Crippen LogP contribution in [0.3, 0.4) is 0 Å². The fourth-order valence-corrected chi connectivity index (χ4v) is 3.43. The van der Waals surface area contributed by atoms with Crippen LogP contribution in [0.1, 0.15) is 59.4 Å². The molecule has 0 aliphatic heterocycles. The monoisotopic (exact) mass is 414 g/mol. The molecular formula is C27H26O4. The minimum atomic E-state index is -0.335. The lowest BCUT2D eigenvalue weighted by molar-refractivity contribution is 0.0349. The Morgan fingerprint density at radius 1 is 1.03 bits per heavy atom. The second-order valence-electron chi connectivity index (χ2n) is 7.29. The number of ether oxygens (including phenoxy) is 2. The third-order valence-electron chi connectivity index (χ3n) is 5.08. The van der Waals surface area contributed by atoms with Gasteiger partial charge in [0.2, 0.25) is 0 Å². The number of benzene rings is 2. The van der Waals surface area contributed by atoms with Gasteiger partial charge >= 0.3 is 11.9 Å². The lowest BCUT2D eigenvalue weighted by Crippen LogP contribution is -2.23. The molecular weight excluding hydrogens is 388 g/mol. The summed E-state index contributed by atoms with van der Waals surface area (Å²) in [6, 6.07) is 16.1. The van der Waals surface area contributed by atoms with Crippen molar-refractivity contribution in [2.24, 2.45) is 0 Å². The van der Waals surface area contributed by atoms with Crippen LogP contribution in [-0.2, 0) is 9.47 Å². The number of hydrogen-bond donors (Lipinski definition) is 0. The van der Waals surface area contributed by atoms with E-state index in [9.17, 15) is 9.59 Å². The maximum absolute atomic E-state index is 12.5. The number of rotatable bonds is 5. The third kappa shape index (κ3) is 6.20. The molecule has 0 bridgehead atoms. The Hall–Kier alpha value is -3.58. The second kappa shape index (κ2) is 11.0. The maximum Gasteiger partial charge on any atom is 0.338 e. The van der Waals surface area contributed by atoms with E-state index in [-0.39, 0.29) is 18.0 Å². The number of hydrogen-bond acceptors (Lipinski definition) is 4. The van der Waals surface area contributed by atoms with Crippen LogP contribution in [0, 0.1) is 11.8 Å². The van der Waals surface area contributed by atoms with Crippen LogP contribution in [0.5, 0.6) is 0 Å². The molecule has 0 saturated heterocycles. The summed E-state index contributed by atoms with van der Waals surface area (Å²) in [5.74, 6) is 5.45. The first kappa shape index (κ1) is 22.1. The Bertz CT molecular complexity index is 1030. The summed E-state index contributed by atoms with van der Waals surface area (Å²) < 4.78 is 10.8. The Labute approximate surface area is 183 Å². The molecule has 4 nitrogen and oxygen atoms in total. The van der Waals surface area contributed by atoms with Crippen molar-refractivity contribution in [1.82, 2.24) is 0 Å². The SMILES string of the molecule is CCOC(=O)c1ccc(C#C/C=C/C2=C(C)CCCC2OC(=O)c2ccccc2)cc1. The molecule has 2 aromatic carbocycles. The first-order valence-electron chi connectivity index (χ1n) is 10.5. The Kier molecular flexibility index (Phi) is 7.84. The molecule has 1 aliphatic rings. The van der Waals surface area contributed by atoms with E-state index in [2.05, 4.69) is 18.8 Å². The van der Waals surface area contributed by atoms with E-state index < -0.39 is 0 Å². The summed E-state index contributed by atoms with van der Waals surface area (Å²) in [4.78, 5) is 24.2. The summed E-state index contributed by atoms with van der Waals surface area (Å²) in [6.45, 7) is 4.20. The van der Waals surface area contributed by atoms with Gasteiger partial charge in [-0.1, -0.05) is 35.6 Å².